The van der Waals surface area contributed by atoms with Gasteiger partial charge in [-0.1, -0.05) is 43.1 Å². The lowest BCUT2D eigenvalue weighted by Gasteiger charge is -2.13. The Morgan fingerprint density at radius 3 is 2.75 bits per heavy atom. The maximum atomic E-state index is 12.4. The van der Waals surface area contributed by atoms with Crippen LogP contribution >= 0.6 is 23.8 Å². The molecule has 0 bridgehead atoms. The third-order valence-corrected chi connectivity index (χ3v) is 3.64. The molecule has 0 aliphatic rings. The van der Waals surface area contributed by atoms with Crippen molar-refractivity contribution in [1.29, 1.82) is 0 Å². The van der Waals surface area contributed by atoms with Crippen LogP contribution in [0, 0.1) is 0 Å². The van der Waals surface area contributed by atoms with Crippen LogP contribution in [-0.4, -0.2) is 17.6 Å². The monoisotopic (exact) mass is 362 g/mol. The molecule has 0 saturated carbocycles. The number of rotatable bonds is 6. The van der Waals surface area contributed by atoms with Crippen molar-refractivity contribution in [2.24, 2.45) is 0 Å². The summed E-state index contributed by atoms with van der Waals surface area (Å²) in [5.74, 6) is 0.232. The van der Waals surface area contributed by atoms with Gasteiger partial charge in [0.2, 0.25) is 0 Å². The van der Waals surface area contributed by atoms with Crippen molar-refractivity contribution < 1.29 is 9.53 Å². The van der Waals surface area contributed by atoms with Gasteiger partial charge in [0.25, 0.3) is 5.91 Å². The van der Waals surface area contributed by atoms with Crippen LogP contribution in [0.5, 0.6) is 5.75 Å². The second kappa shape index (κ2) is 9.25. The Morgan fingerprint density at radius 1 is 1.21 bits per heavy atom. The number of halogens is 1. The van der Waals surface area contributed by atoms with Crippen LogP contribution in [0.1, 0.15) is 30.1 Å². The first-order chi connectivity index (χ1) is 11.6. The van der Waals surface area contributed by atoms with Gasteiger partial charge in [0.15, 0.2) is 5.11 Å². The topological polar surface area (TPSA) is 50.4 Å². The summed E-state index contributed by atoms with van der Waals surface area (Å²) in [5, 5.41) is 6.37. The summed E-state index contributed by atoms with van der Waals surface area (Å²) >= 11 is 11.1. The van der Waals surface area contributed by atoms with Gasteiger partial charge in [-0.25, -0.2) is 0 Å². The lowest BCUT2D eigenvalue weighted by atomic mass is 10.2. The van der Waals surface area contributed by atoms with Crippen molar-refractivity contribution in [3.05, 3.63) is 59.1 Å². The van der Waals surface area contributed by atoms with Gasteiger partial charge in [-0.2, -0.15) is 0 Å². The number of amides is 1. The molecule has 0 aromatic heterocycles. The summed E-state index contributed by atoms with van der Waals surface area (Å²) < 4.78 is 5.67. The van der Waals surface area contributed by atoms with E-state index in [0.29, 0.717) is 28.6 Å². The standard InChI is InChI=1S/C18H19ClN2O2S/c1-2-3-11-23-16-10-5-4-9-15(16)17(22)21-18(24)20-14-8-6-7-13(19)12-14/h4-10,12H,2-3,11H2,1H3,(H2,20,21,22,24). The molecule has 126 valence electrons. The fourth-order valence-corrected chi connectivity index (χ4v) is 2.41. The molecule has 0 radical (unpaired) electrons. The minimum Gasteiger partial charge on any atom is -0.493 e. The van der Waals surface area contributed by atoms with Gasteiger partial charge >= 0.3 is 0 Å². The highest BCUT2D eigenvalue weighted by Crippen LogP contribution is 2.19. The van der Waals surface area contributed by atoms with Gasteiger partial charge in [-0.3, -0.25) is 10.1 Å². The maximum absolute atomic E-state index is 12.4. The van der Waals surface area contributed by atoms with Gasteiger partial charge in [0.05, 0.1) is 12.2 Å². The van der Waals surface area contributed by atoms with Crippen molar-refractivity contribution in [3.8, 4) is 5.75 Å². The van der Waals surface area contributed by atoms with Gasteiger partial charge in [0.1, 0.15) is 5.75 Å². The van der Waals surface area contributed by atoms with E-state index in [2.05, 4.69) is 17.6 Å². The molecule has 0 atom stereocenters. The molecule has 0 unspecified atom stereocenters. The van der Waals surface area contributed by atoms with Crippen molar-refractivity contribution in [2.75, 3.05) is 11.9 Å². The number of thiocarbonyl (C=S) groups is 1. The van der Waals surface area contributed by atoms with Crippen LogP contribution in [-0.2, 0) is 0 Å². The Hall–Kier alpha value is -2.11. The Bertz CT molecular complexity index is 722. The Balaban J connectivity index is 2.00. The Kier molecular flexibility index (Phi) is 7.03. The number of unbranched alkanes of at least 4 members (excludes halogenated alkanes) is 1. The molecule has 0 saturated heterocycles. The first-order valence-electron chi connectivity index (χ1n) is 7.70. The van der Waals surface area contributed by atoms with E-state index in [1.807, 2.05) is 12.1 Å². The number of carbonyl (C=O) groups is 1. The van der Waals surface area contributed by atoms with E-state index in [0.717, 1.165) is 12.8 Å². The number of carbonyl (C=O) groups excluding carboxylic acids is 1. The number of benzene rings is 2. The fourth-order valence-electron chi connectivity index (χ4n) is 2.01. The molecule has 4 nitrogen and oxygen atoms in total. The van der Waals surface area contributed by atoms with E-state index in [4.69, 9.17) is 28.6 Å². The predicted octanol–water partition coefficient (Wildman–Crippen LogP) is 4.65. The zero-order valence-electron chi connectivity index (χ0n) is 13.3. The van der Waals surface area contributed by atoms with Gasteiger partial charge < -0.3 is 10.1 Å². The number of nitrogens with one attached hydrogen (secondary N) is 2. The third kappa shape index (κ3) is 5.51. The molecule has 0 fully saturated rings. The molecule has 2 N–H and O–H groups in total. The lowest BCUT2D eigenvalue weighted by Crippen LogP contribution is -2.34. The molecule has 2 aromatic carbocycles. The van der Waals surface area contributed by atoms with Crippen LogP contribution in [0.3, 0.4) is 0 Å². The minimum atomic E-state index is -0.318. The molecule has 2 rings (SSSR count). The number of anilines is 1. The van der Waals surface area contributed by atoms with E-state index in [1.54, 1.807) is 36.4 Å². The van der Waals surface area contributed by atoms with Gasteiger partial charge in [0, 0.05) is 10.7 Å². The highest BCUT2D eigenvalue weighted by molar-refractivity contribution is 7.80. The van der Waals surface area contributed by atoms with Crippen LogP contribution < -0.4 is 15.4 Å². The lowest BCUT2D eigenvalue weighted by molar-refractivity contribution is 0.0973. The van der Waals surface area contributed by atoms with Crippen LogP contribution in [0.2, 0.25) is 5.02 Å². The number of para-hydroxylation sites is 1. The molecule has 0 aliphatic heterocycles. The smallest absolute Gasteiger partial charge is 0.261 e. The molecule has 1 amide bonds. The summed E-state index contributed by atoms with van der Waals surface area (Å²) in [4.78, 5) is 12.4. The second-order valence-electron chi connectivity index (χ2n) is 5.12. The van der Waals surface area contributed by atoms with Crippen LogP contribution in [0.4, 0.5) is 5.69 Å². The van der Waals surface area contributed by atoms with Crippen molar-refractivity contribution in [1.82, 2.24) is 5.32 Å². The zero-order chi connectivity index (χ0) is 17.4. The van der Waals surface area contributed by atoms with E-state index in [9.17, 15) is 4.79 Å². The molecule has 24 heavy (non-hydrogen) atoms. The third-order valence-electron chi connectivity index (χ3n) is 3.20. The van der Waals surface area contributed by atoms with E-state index >= 15 is 0 Å². The number of ether oxygens (including phenoxy) is 1. The van der Waals surface area contributed by atoms with Crippen LogP contribution in [0.25, 0.3) is 0 Å². The summed E-state index contributed by atoms with van der Waals surface area (Å²) in [6.07, 6.45) is 1.96. The fraction of sp³-hybridized carbons (Fsp3) is 0.222. The van der Waals surface area contributed by atoms with E-state index < -0.39 is 0 Å². The molecular weight excluding hydrogens is 344 g/mol. The molecule has 0 spiro atoms. The predicted molar refractivity (Wildman–Crippen MR) is 102 cm³/mol. The van der Waals surface area contributed by atoms with Gasteiger partial charge in [-0.05, 0) is 49.0 Å². The first-order valence-corrected chi connectivity index (χ1v) is 8.48. The second-order valence-corrected chi connectivity index (χ2v) is 5.96. The van der Waals surface area contributed by atoms with E-state index in [1.165, 1.54) is 0 Å². The first kappa shape index (κ1) is 18.2. The Labute approximate surface area is 152 Å². The summed E-state index contributed by atoms with van der Waals surface area (Å²) in [6.45, 7) is 2.66. The summed E-state index contributed by atoms with van der Waals surface area (Å²) in [5.41, 5.74) is 1.16. The minimum absolute atomic E-state index is 0.200. The van der Waals surface area contributed by atoms with Crippen molar-refractivity contribution in [3.63, 3.8) is 0 Å². The van der Waals surface area contributed by atoms with Crippen molar-refractivity contribution >= 4 is 40.5 Å². The average molecular weight is 363 g/mol. The highest BCUT2D eigenvalue weighted by atomic mass is 35.5. The average Bonchev–Trinajstić information content (AvgIpc) is 2.55. The Morgan fingerprint density at radius 2 is 2.00 bits per heavy atom. The summed E-state index contributed by atoms with van der Waals surface area (Å²) in [6, 6.07) is 14.2. The summed E-state index contributed by atoms with van der Waals surface area (Å²) in [7, 11) is 0. The van der Waals surface area contributed by atoms with E-state index in [-0.39, 0.29) is 11.0 Å². The maximum Gasteiger partial charge on any atom is 0.261 e. The normalized spacial score (nSPS) is 10.1. The molecule has 6 heteroatoms. The van der Waals surface area contributed by atoms with Gasteiger partial charge in [-0.15, -0.1) is 0 Å². The number of hydrogen-bond acceptors (Lipinski definition) is 3. The quantitative estimate of drug-likeness (QED) is 0.580. The SMILES string of the molecule is CCCCOc1ccccc1C(=O)NC(=S)Nc1cccc(Cl)c1. The molecule has 0 heterocycles. The van der Waals surface area contributed by atoms with Crippen molar-refractivity contribution in [2.45, 2.75) is 19.8 Å². The molecular formula is C18H19ClN2O2S. The van der Waals surface area contributed by atoms with Crippen LogP contribution in [0.15, 0.2) is 48.5 Å². The molecule has 0 aliphatic carbocycles. The molecule has 2 aromatic rings. The highest BCUT2D eigenvalue weighted by Gasteiger charge is 2.13. The zero-order valence-corrected chi connectivity index (χ0v) is 14.9. The number of hydrogen-bond donors (Lipinski definition) is 2. The largest absolute Gasteiger partial charge is 0.493 e.